The van der Waals surface area contributed by atoms with E-state index in [0.717, 1.165) is 4.90 Å². The summed E-state index contributed by atoms with van der Waals surface area (Å²) in [5.74, 6) is -3.28. The van der Waals surface area contributed by atoms with Gasteiger partial charge in [-0.3, -0.25) is 29.4 Å². The van der Waals surface area contributed by atoms with Crippen LogP contribution in [0.3, 0.4) is 0 Å². The van der Waals surface area contributed by atoms with Gasteiger partial charge in [0, 0.05) is 18.0 Å². The number of nitrogens with zero attached hydrogens (tertiary/aromatic N) is 1. The van der Waals surface area contributed by atoms with Crippen molar-refractivity contribution in [3.05, 3.63) is 52.5 Å². The van der Waals surface area contributed by atoms with Gasteiger partial charge in [-0.25, -0.2) is 0 Å². The number of hydrogen-bond acceptors (Lipinski definition) is 7. The minimum atomic E-state index is -1.52. The summed E-state index contributed by atoms with van der Waals surface area (Å²) in [6.07, 6.45) is -0.136. The van der Waals surface area contributed by atoms with Gasteiger partial charge < -0.3 is 19.9 Å². The van der Waals surface area contributed by atoms with Crippen LogP contribution in [-0.2, 0) is 31.3 Å². The van der Waals surface area contributed by atoms with E-state index >= 15 is 0 Å². The van der Waals surface area contributed by atoms with E-state index in [2.05, 4.69) is 10.6 Å². The zero-order valence-electron chi connectivity index (χ0n) is 18.2. The van der Waals surface area contributed by atoms with Crippen molar-refractivity contribution >= 4 is 41.0 Å². The van der Waals surface area contributed by atoms with Crippen molar-refractivity contribution < 1.29 is 33.8 Å². The molecule has 0 bridgehead atoms. The lowest BCUT2D eigenvalue weighted by molar-refractivity contribution is -0.144. The highest BCUT2D eigenvalue weighted by Gasteiger charge is 2.70. The molecule has 0 radical (unpaired) electrons. The van der Waals surface area contributed by atoms with Crippen LogP contribution in [0, 0.1) is 11.8 Å². The topological polar surface area (TPSA) is 134 Å². The molecule has 1 spiro atoms. The van der Waals surface area contributed by atoms with E-state index in [1.54, 1.807) is 36.4 Å². The number of halogens is 1. The highest BCUT2D eigenvalue weighted by Crippen LogP contribution is 2.54. The highest BCUT2D eigenvalue weighted by molar-refractivity contribution is 6.35. The van der Waals surface area contributed by atoms with Crippen LogP contribution in [0.1, 0.15) is 24.0 Å². The molecule has 0 aliphatic carbocycles. The number of hydrogen-bond donors (Lipinski definition) is 3. The predicted octanol–water partition coefficient (Wildman–Crippen LogP) is 1.85. The van der Waals surface area contributed by atoms with Crippen molar-refractivity contribution in [2.24, 2.45) is 11.8 Å². The number of carbonyl (C=O) groups is 4. The fourth-order valence-corrected chi connectivity index (χ4v) is 5.98. The summed E-state index contributed by atoms with van der Waals surface area (Å²) >= 11 is 6.32. The Morgan fingerprint density at radius 3 is 2.74 bits per heavy atom. The number of carboxylic acids is 1. The predicted molar refractivity (Wildman–Crippen MR) is 121 cm³/mol. The molecule has 0 unspecified atom stereocenters. The van der Waals surface area contributed by atoms with Gasteiger partial charge in [0.25, 0.3) is 0 Å². The number of likely N-dealkylation sites (tertiary alicyclic amines) is 1. The second-order valence-electron chi connectivity index (χ2n) is 9.06. The molecule has 10 nitrogen and oxygen atoms in total. The Labute approximate surface area is 204 Å². The minimum absolute atomic E-state index is 0.00689. The van der Waals surface area contributed by atoms with Crippen molar-refractivity contribution in [2.45, 2.75) is 31.0 Å². The van der Waals surface area contributed by atoms with Crippen molar-refractivity contribution in [3.8, 4) is 11.5 Å². The second-order valence-corrected chi connectivity index (χ2v) is 9.47. The molecule has 4 aliphatic rings. The highest BCUT2D eigenvalue weighted by atomic mass is 35.5. The molecule has 0 saturated carbocycles. The van der Waals surface area contributed by atoms with Crippen LogP contribution in [0.5, 0.6) is 11.5 Å². The number of amides is 3. The van der Waals surface area contributed by atoms with Crippen molar-refractivity contribution in [3.63, 3.8) is 0 Å². The SMILES string of the molecule is O=C(O)CC[C@@H]1N[C@@]2(C(=O)Nc3c(Cl)cccc32)[C@H]2C(=O)N(Cc3ccc4c(c3)OCO4)C(=O)[C@H]12. The molecule has 2 aromatic rings. The number of para-hydroxylation sites is 1. The van der Waals surface area contributed by atoms with Crippen LogP contribution in [0.4, 0.5) is 5.69 Å². The summed E-state index contributed by atoms with van der Waals surface area (Å²) in [6, 6.07) is 9.48. The maximum Gasteiger partial charge on any atom is 0.303 e. The van der Waals surface area contributed by atoms with E-state index in [1.165, 1.54) is 0 Å². The number of benzene rings is 2. The van der Waals surface area contributed by atoms with Gasteiger partial charge in [-0.1, -0.05) is 29.8 Å². The fraction of sp³-hybridized carbons (Fsp3) is 0.333. The molecule has 4 aliphatic heterocycles. The first-order valence-corrected chi connectivity index (χ1v) is 11.5. The van der Waals surface area contributed by atoms with Gasteiger partial charge in [0.15, 0.2) is 11.5 Å². The summed E-state index contributed by atoms with van der Waals surface area (Å²) < 4.78 is 10.7. The van der Waals surface area contributed by atoms with Crippen molar-refractivity contribution in [2.75, 3.05) is 12.1 Å². The summed E-state index contributed by atoms with van der Waals surface area (Å²) in [6.45, 7) is 0.0914. The van der Waals surface area contributed by atoms with Crippen molar-refractivity contribution in [1.29, 1.82) is 0 Å². The van der Waals surface area contributed by atoms with E-state index < -0.39 is 47.1 Å². The lowest BCUT2D eigenvalue weighted by Gasteiger charge is -2.29. The Hall–Kier alpha value is -3.63. The first-order chi connectivity index (χ1) is 16.8. The maximum absolute atomic E-state index is 13.8. The van der Waals surface area contributed by atoms with E-state index in [-0.39, 0.29) is 26.2 Å². The molecule has 6 rings (SSSR count). The number of carboxylic acid groups (broad SMARTS) is 1. The summed E-state index contributed by atoms with van der Waals surface area (Å²) in [7, 11) is 0. The minimum Gasteiger partial charge on any atom is -0.481 e. The third-order valence-corrected chi connectivity index (χ3v) is 7.55. The van der Waals surface area contributed by atoms with Gasteiger partial charge >= 0.3 is 5.97 Å². The van der Waals surface area contributed by atoms with E-state index in [4.69, 9.17) is 21.1 Å². The number of rotatable bonds is 5. The van der Waals surface area contributed by atoms with Gasteiger partial charge in [0.1, 0.15) is 5.54 Å². The van der Waals surface area contributed by atoms with Crippen LogP contribution >= 0.6 is 11.6 Å². The van der Waals surface area contributed by atoms with Gasteiger partial charge in [-0.15, -0.1) is 0 Å². The molecule has 4 atom stereocenters. The van der Waals surface area contributed by atoms with Gasteiger partial charge in [-0.2, -0.15) is 0 Å². The fourth-order valence-electron chi connectivity index (χ4n) is 5.76. The molecule has 0 aromatic heterocycles. The second kappa shape index (κ2) is 7.69. The van der Waals surface area contributed by atoms with Gasteiger partial charge in [0.05, 0.1) is 29.1 Å². The van der Waals surface area contributed by atoms with Crippen molar-refractivity contribution in [1.82, 2.24) is 10.2 Å². The lowest BCUT2D eigenvalue weighted by atomic mass is 9.76. The first-order valence-electron chi connectivity index (χ1n) is 11.1. The largest absolute Gasteiger partial charge is 0.481 e. The average Bonchev–Trinajstić information content (AvgIpc) is 3.55. The van der Waals surface area contributed by atoms with Crippen LogP contribution in [0.25, 0.3) is 0 Å². The normalized spacial score (nSPS) is 28.0. The number of nitrogens with one attached hydrogen (secondary N) is 2. The standard InChI is InChI=1S/C24H20ClN3O7/c25-13-3-1-2-12-20(13)26-23(33)24(12)19-18(14(27-24)5-7-17(29)30)21(31)28(22(19)32)9-11-4-6-15-16(8-11)35-10-34-15/h1-4,6,8,14,18-19,27H,5,7,9-10H2,(H,26,33)(H,29,30)/t14-,18+,19+,24+/m0/s1. The lowest BCUT2D eigenvalue weighted by Crippen LogP contribution is -2.53. The molecule has 3 N–H and O–H groups in total. The quantitative estimate of drug-likeness (QED) is 0.533. The molecule has 35 heavy (non-hydrogen) atoms. The van der Waals surface area contributed by atoms with Crippen LogP contribution in [-0.4, -0.2) is 46.5 Å². The van der Waals surface area contributed by atoms with Gasteiger partial charge in [-0.05, 0) is 30.2 Å². The average molecular weight is 498 g/mol. The third-order valence-electron chi connectivity index (χ3n) is 7.24. The maximum atomic E-state index is 13.8. The summed E-state index contributed by atoms with van der Waals surface area (Å²) in [4.78, 5) is 53.3. The zero-order chi connectivity index (χ0) is 24.5. The van der Waals surface area contributed by atoms with E-state index in [9.17, 15) is 24.3 Å². The molecule has 2 aromatic carbocycles. The molecule has 4 heterocycles. The Balaban J connectivity index is 1.40. The molecule has 180 valence electrons. The van der Waals surface area contributed by atoms with Gasteiger partial charge in [0.2, 0.25) is 24.5 Å². The molecular formula is C24H20ClN3O7. The first kappa shape index (κ1) is 21.9. The smallest absolute Gasteiger partial charge is 0.303 e. The van der Waals surface area contributed by atoms with Crippen LogP contribution < -0.4 is 20.1 Å². The Bertz CT molecular complexity index is 1310. The number of ether oxygens (including phenoxy) is 2. The molecule has 11 heteroatoms. The zero-order valence-corrected chi connectivity index (χ0v) is 19.0. The summed E-state index contributed by atoms with van der Waals surface area (Å²) in [5, 5.41) is 15.5. The Morgan fingerprint density at radius 1 is 1.14 bits per heavy atom. The van der Waals surface area contributed by atoms with Crippen LogP contribution in [0.2, 0.25) is 5.02 Å². The number of anilines is 1. The molecule has 2 saturated heterocycles. The van der Waals surface area contributed by atoms with Crippen LogP contribution in [0.15, 0.2) is 36.4 Å². The molecule has 2 fully saturated rings. The number of imide groups is 1. The Kier molecular flexibility index (Phi) is 4.81. The number of aliphatic carboxylic acids is 1. The third kappa shape index (κ3) is 3.06. The number of carbonyl (C=O) groups excluding carboxylic acids is 3. The monoisotopic (exact) mass is 497 g/mol. The molecular weight excluding hydrogens is 478 g/mol. The number of fused-ring (bicyclic) bond motifs is 5. The summed E-state index contributed by atoms with van der Waals surface area (Å²) in [5.41, 5.74) is 0.0109. The molecule has 3 amide bonds. The Morgan fingerprint density at radius 2 is 1.94 bits per heavy atom. The van der Waals surface area contributed by atoms with E-state index in [0.29, 0.717) is 33.3 Å². The van der Waals surface area contributed by atoms with E-state index in [1.807, 2.05) is 0 Å².